The molecule has 0 saturated carbocycles. The maximum Gasteiger partial charge on any atom is 0.530 e. The fourth-order valence-electron chi connectivity index (χ4n) is 1.98. The van der Waals surface area contributed by atoms with Gasteiger partial charge >= 0.3 is 62.4 Å². The van der Waals surface area contributed by atoms with E-state index in [2.05, 4.69) is 40.2 Å². The molecule has 3 aromatic carbocycles. The first kappa shape index (κ1) is 42.4. The molecular formula is C25H24CrO10P2. The maximum absolute atomic E-state index is 7.50. The molecule has 0 fully saturated rings. The Morgan fingerprint density at radius 2 is 0.632 bits per heavy atom. The summed E-state index contributed by atoms with van der Waals surface area (Å²) in [4.78, 5) is 0. The van der Waals surface area contributed by atoms with E-state index in [1.807, 2.05) is 91.0 Å². The van der Waals surface area contributed by atoms with Crippen molar-refractivity contribution in [3.05, 3.63) is 118 Å². The van der Waals surface area contributed by atoms with Crippen molar-refractivity contribution < 1.29 is 63.1 Å². The molecular weight excluding hydrogens is 574 g/mol. The average Bonchev–Trinajstić information content (AvgIpc) is 3.00. The smallest absolute Gasteiger partial charge is 0.409 e. The zero-order chi connectivity index (χ0) is 28.7. The third kappa shape index (κ3) is 22.5. The quantitative estimate of drug-likeness (QED) is 0.158. The number of rotatable bonds is 9. The molecule has 0 heterocycles. The van der Waals surface area contributed by atoms with Crippen molar-refractivity contribution in [2.75, 3.05) is 21.3 Å². The molecule has 13 heteroatoms. The summed E-state index contributed by atoms with van der Waals surface area (Å²) in [5.74, 6) is 2.13. The Morgan fingerprint density at radius 1 is 0.421 bits per heavy atom. The van der Waals surface area contributed by atoms with Gasteiger partial charge in [0.15, 0.2) is 0 Å². The van der Waals surface area contributed by atoms with Crippen molar-refractivity contribution in [3.63, 3.8) is 0 Å². The monoisotopic (exact) mass is 598 g/mol. The van der Waals surface area contributed by atoms with Gasteiger partial charge in [-0.05, 0) is 36.4 Å². The van der Waals surface area contributed by atoms with E-state index in [-0.39, 0.29) is 17.4 Å². The Balaban J connectivity index is -0.000000307. The predicted molar refractivity (Wildman–Crippen MR) is 132 cm³/mol. The van der Waals surface area contributed by atoms with Crippen LogP contribution in [0.25, 0.3) is 0 Å². The second-order valence-electron chi connectivity index (χ2n) is 5.21. The number of benzene rings is 3. The molecule has 0 saturated heterocycles. The zero-order valence-electron chi connectivity index (χ0n) is 20.5. The topological polar surface area (TPSA) is 135 Å². The molecule has 0 bridgehead atoms. The molecule has 0 aliphatic heterocycles. The van der Waals surface area contributed by atoms with Gasteiger partial charge in [-0.15, -0.1) is 0 Å². The third-order valence-corrected chi connectivity index (χ3v) is 5.19. The first-order valence-electron chi connectivity index (χ1n) is 9.48. The molecule has 0 unspecified atom stereocenters. The van der Waals surface area contributed by atoms with Crippen molar-refractivity contribution in [1.82, 2.24) is 0 Å². The van der Waals surface area contributed by atoms with Gasteiger partial charge in [-0.1, -0.05) is 54.6 Å². The summed E-state index contributed by atoms with van der Waals surface area (Å²) >= 11 is 0. The first-order valence-corrected chi connectivity index (χ1v) is 11.7. The summed E-state index contributed by atoms with van der Waals surface area (Å²) in [6.45, 7) is 18.0. The summed E-state index contributed by atoms with van der Waals surface area (Å²) in [5.41, 5.74) is 0. The molecule has 0 radical (unpaired) electrons. The van der Waals surface area contributed by atoms with Crippen molar-refractivity contribution in [1.29, 1.82) is 0 Å². The van der Waals surface area contributed by atoms with Gasteiger partial charge in [0.1, 0.15) is 17.2 Å². The van der Waals surface area contributed by atoms with E-state index in [1.54, 1.807) is 21.3 Å². The normalized spacial score (nSPS) is 8.03. The van der Waals surface area contributed by atoms with Gasteiger partial charge in [-0.3, -0.25) is 0 Å². The van der Waals surface area contributed by atoms with Gasteiger partial charge in [0.05, 0.1) is 0 Å². The predicted octanol–water partition coefficient (Wildman–Crippen LogP) is 6.45. The average molecular weight is 598 g/mol. The van der Waals surface area contributed by atoms with Crippen molar-refractivity contribution in [2.45, 2.75) is 0 Å². The largest absolute Gasteiger partial charge is 0.530 e. The molecule has 0 aromatic heterocycles. The molecule has 0 amide bonds. The molecule has 0 aliphatic rings. The van der Waals surface area contributed by atoms with Crippen LogP contribution in [0.15, 0.2) is 91.0 Å². The van der Waals surface area contributed by atoms with Crippen LogP contribution < -0.4 is 13.6 Å². The fraction of sp³-hybridized carbons (Fsp3) is 0.120. The molecule has 3 aromatic rings. The van der Waals surface area contributed by atoms with Gasteiger partial charge in [0, 0.05) is 38.7 Å². The van der Waals surface area contributed by atoms with Crippen molar-refractivity contribution in [2.24, 2.45) is 0 Å². The Labute approximate surface area is 236 Å². The van der Waals surface area contributed by atoms with Gasteiger partial charge in [0.2, 0.25) is 0 Å². The number of hydrogen-bond donors (Lipinski definition) is 0. The van der Waals surface area contributed by atoms with E-state index in [0.29, 0.717) is 17.2 Å². The Hall–Kier alpha value is -2.71. The summed E-state index contributed by atoms with van der Waals surface area (Å²) in [6.07, 6.45) is 0. The maximum atomic E-state index is 7.50. The summed E-state index contributed by atoms with van der Waals surface area (Å²) in [6, 6.07) is 28.5. The minimum Gasteiger partial charge on any atom is -0.409 e. The number of para-hydroxylation sites is 3. The van der Waals surface area contributed by atoms with Crippen LogP contribution in [-0.4, -0.2) is 21.3 Å². The second-order valence-corrected chi connectivity index (χ2v) is 7.75. The summed E-state index contributed by atoms with van der Waals surface area (Å²) in [7, 11) is 1.98. The van der Waals surface area contributed by atoms with E-state index in [0.717, 1.165) is 0 Å². The zero-order valence-corrected chi connectivity index (χ0v) is 23.6. The van der Waals surface area contributed by atoms with Crippen LogP contribution in [0.1, 0.15) is 0 Å². The Kier molecular flexibility index (Phi) is 38.2. The van der Waals surface area contributed by atoms with Crippen LogP contribution in [0.2, 0.25) is 0 Å². The molecule has 0 atom stereocenters. The summed E-state index contributed by atoms with van der Waals surface area (Å²) < 4.78 is 61.5. The minimum absolute atomic E-state index is 0. The van der Waals surface area contributed by atoms with Gasteiger partial charge in [0.25, 0.3) is 0 Å². The third-order valence-electron chi connectivity index (χ3n) is 3.22. The molecule has 0 aliphatic carbocycles. The van der Waals surface area contributed by atoms with E-state index < -0.39 is 17.2 Å². The van der Waals surface area contributed by atoms with Crippen LogP contribution in [0.4, 0.5) is 0 Å². The van der Waals surface area contributed by atoms with Gasteiger partial charge in [-0.25, -0.2) is 0 Å². The molecule has 10 nitrogen and oxygen atoms in total. The molecule has 0 N–H and O–H groups in total. The first-order chi connectivity index (χ1) is 18.2. The SMILES string of the molecule is COP(OC)OC.[C-]#[O+].[C-]#[O+].[C-]#[O+].[C-]#[O+].[Cr].c1ccc(OP(Oc2ccccc2)Oc2ccccc2)cc1. The molecule has 0 spiro atoms. The van der Waals surface area contributed by atoms with Gasteiger partial charge in [-0.2, -0.15) is 0 Å². The van der Waals surface area contributed by atoms with Crippen LogP contribution >= 0.6 is 17.2 Å². The van der Waals surface area contributed by atoms with Crippen molar-refractivity contribution in [3.8, 4) is 17.2 Å². The second kappa shape index (κ2) is 34.3. The Morgan fingerprint density at radius 3 is 0.789 bits per heavy atom. The fourth-order valence-corrected chi connectivity index (χ4v) is 3.42. The van der Waals surface area contributed by atoms with E-state index in [9.17, 15) is 0 Å². The standard InChI is InChI=1S/C18H15O3P.C3H9O3P.4CO.Cr/c1-4-10-16(11-5-1)19-22(20-17-12-6-2-7-13-17)21-18-14-8-3-9-15-18;1-4-7(5-2)6-3;4*1-2;/h1-15H;1-3H3;;;;;. The Bertz CT molecular complexity index is 826. The van der Waals surface area contributed by atoms with Crippen LogP contribution in [-0.2, 0) is 49.5 Å². The van der Waals surface area contributed by atoms with Crippen LogP contribution in [0, 0.1) is 26.6 Å². The van der Waals surface area contributed by atoms with E-state index >= 15 is 0 Å². The van der Waals surface area contributed by atoms with Crippen LogP contribution in [0.3, 0.4) is 0 Å². The molecule has 38 heavy (non-hydrogen) atoms. The number of hydrogen-bond acceptors (Lipinski definition) is 6. The van der Waals surface area contributed by atoms with E-state index in [1.165, 1.54) is 0 Å². The van der Waals surface area contributed by atoms with Gasteiger partial charge < -0.3 is 27.1 Å². The minimum atomic E-state index is -1.59. The summed E-state index contributed by atoms with van der Waals surface area (Å²) in [5, 5.41) is 0. The van der Waals surface area contributed by atoms with Crippen molar-refractivity contribution >= 4 is 17.2 Å². The molecule has 3 rings (SSSR count). The van der Waals surface area contributed by atoms with E-state index in [4.69, 9.17) is 32.2 Å². The molecule has 200 valence electrons. The van der Waals surface area contributed by atoms with Crippen LogP contribution in [0.5, 0.6) is 17.2 Å².